The van der Waals surface area contributed by atoms with Gasteiger partial charge in [0.25, 0.3) is 11.8 Å². The van der Waals surface area contributed by atoms with Crippen molar-refractivity contribution in [2.24, 2.45) is 5.92 Å². The van der Waals surface area contributed by atoms with Crippen LogP contribution in [0.15, 0.2) is 170 Å². The highest BCUT2D eigenvalue weighted by Gasteiger charge is 2.28. The second-order valence-corrected chi connectivity index (χ2v) is 22.6. The van der Waals surface area contributed by atoms with Gasteiger partial charge in [-0.3, -0.25) is 9.59 Å². The first-order valence-corrected chi connectivity index (χ1v) is 29.6. The Hall–Kier alpha value is -8.58. The summed E-state index contributed by atoms with van der Waals surface area (Å²) in [5, 5.41) is 26.2. The molecule has 2 atom stereocenters. The Morgan fingerprint density at radius 3 is 1.55 bits per heavy atom. The van der Waals surface area contributed by atoms with Crippen molar-refractivity contribution in [3.8, 4) is 22.8 Å². The van der Waals surface area contributed by atoms with E-state index in [4.69, 9.17) is 33.2 Å². The smallest absolute Gasteiger partial charge is 0.327 e. The van der Waals surface area contributed by atoms with Crippen LogP contribution in [0.2, 0.25) is 10.0 Å². The van der Waals surface area contributed by atoms with Crippen molar-refractivity contribution < 1.29 is 29.4 Å². The number of benzene rings is 5. The Bertz CT molecular complexity index is 3470. The number of hydrogen-bond acceptors (Lipinski definition) is 14. The van der Waals surface area contributed by atoms with Crippen molar-refractivity contribution in [2.45, 2.75) is 43.5 Å². The molecule has 2 amide bonds. The van der Waals surface area contributed by atoms with Crippen molar-refractivity contribution in [1.82, 2.24) is 35.6 Å². The summed E-state index contributed by atoms with van der Waals surface area (Å²) in [6.45, 7) is 4.42. The Morgan fingerprint density at radius 2 is 1.04 bits per heavy atom. The van der Waals surface area contributed by atoms with E-state index < -0.39 is 35.8 Å². The number of hydrogen-bond donors (Lipinski definition) is 4. The van der Waals surface area contributed by atoms with Gasteiger partial charge in [0, 0.05) is 116 Å². The molecule has 0 spiro atoms. The van der Waals surface area contributed by atoms with Crippen LogP contribution in [0, 0.1) is 5.92 Å². The fraction of sp³-hybridized carbons (Fsp3) is 0.266. The molecule has 17 nitrogen and oxygen atoms in total. The lowest BCUT2D eigenvalue weighted by atomic mass is 9.90. The molecule has 2 saturated heterocycles. The largest absolute Gasteiger partial charge is 0.480 e. The van der Waals surface area contributed by atoms with Crippen LogP contribution >= 0.6 is 35.0 Å². The summed E-state index contributed by atoms with van der Waals surface area (Å²) < 4.78 is 0. The molecule has 2 aliphatic heterocycles. The van der Waals surface area contributed by atoms with E-state index in [-0.39, 0.29) is 23.6 Å². The number of carbonyl (C=O) groups excluding carboxylic acids is 2. The molecule has 0 radical (unpaired) electrons. The molecule has 10 rings (SSSR count). The van der Waals surface area contributed by atoms with E-state index in [1.807, 2.05) is 110 Å². The molecular formula is C64H65Cl2N11O6S. The van der Waals surface area contributed by atoms with Gasteiger partial charge in [0.05, 0.1) is 0 Å². The summed E-state index contributed by atoms with van der Waals surface area (Å²) in [6.07, 6.45) is 4.95. The molecule has 5 aromatic carbocycles. The summed E-state index contributed by atoms with van der Waals surface area (Å²) in [4.78, 5) is 82.7. The number of carboxylic acids is 2. The second-order valence-electron chi connectivity index (χ2n) is 20.7. The van der Waals surface area contributed by atoms with Gasteiger partial charge in [0.2, 0.25) is 0 Å². The molecule has 0 bridgehead atoms. The molecule has 4 N–H and O–H groups in total. The lowest BCUT2D eigenvalue weighted by Gasteiger charge is -2.36. The van der Waals surface area contributed by atoms with E-state index in [2.05, 4.69) is 64.6 Å². The molecule has 432 valence electrons. The van der Waals surface area contributed by atoms with Crippen molar-refractivity contribution >= 4 is 81.9 Å². The van der Waals surface area contributed by atoms with Gasteiger partial charge in [0.15, 0.2) is 11.6 Å². The summed E-state index contributed by atoms with van der Waals surface area (Å²) in [5.41, 5.74) is 5.90. The maximum atomic E-state index is 13.5. The zero-order chi connectivity index (χ0) is 59.0. The number of aliphatic carboxylic acids is 2. The third kappa shape index (κ3) is 16.8. The monoisotopic (exact) mass is 1190 g/mol. The van der Waals surface area contributed by atoms with Crippen LogP contribution in [0.1, 0.15) is 50.5 Å². The number of amides is 2. The van der Waals surface area contributed by atoms with Crippen molar-refractivity contribution in [2.75, 3.05) is 78.7 Å². The number of piperidine rings is 1. The van der Waals surface area contributed by atoms with E-state index >= 15 is 0 Å². The van der Waals surface area contributed by atoms with Crippen LogP contribution in [0.3, 0.4) is 0 Å². The van der Waals surface area contributed by atoms with Gasteiger partial charge >= 0.3 is 11.9 Å². The molecule has 2 fully saturated rings. The molecule has 2 aliphatic rings. The molecule has 1 unspecified atom stereocenters. The molecule has 3 aromatic heterocycles. The number of pyridine rings is 1. The average Bonchev–Trinajstić information content (AvgIpc) is 3.69. The summed E-state index contributed by atoms with van der Waals surface area (Å²) in [5.74, 6) is 1.07. The first-order valence-electron chi connectivity index (χ1n) is 27.7. The molecule has 0 aliphatic carbocycles. The van der Waals surface area contributed by atoms with Gasteiger partial charge in [-0.1, -0.05) is 102 Å². The average molecular weight is 1190 g/mol. The maximum Gasteiger partial charge on any atom is 0.327 e. The van der Waals surface area contributed by atoms with Crippen molar-refractivity contribution in [3.63, 3.8) is 0 Å². The highest BCUT2D eigenvalue weighted by molar-refractivity contribution is 7.98. The number of carboxylic acid groups (broad SMARTS) is 2. The summed E-state index contributed by atoms with van der Waals surface area (Å²) >= 11 is 13.5. The number of carbonyl (C=O) groups is 4. The van der Waals surface area contributed by atoms with Gasteiger partial charge in [-0.05, 0) is 115 Å². The zero-order valence-electron chi connectivity index (χ0n) is 46.6. The third-order valence-electron chi connectivity index (χ3n) is 14.5. The Kier molecular flexibility index (Phi) is 20.8. The van der Waals surface area contributed by atoms with Gasteiger partial charge in [-0.2, -0.15) is 11.8 Å². The minimum absolute atomic E-state index is 0.0983. The number of nitrogens with zero attached hydrogens (tertiary/aromatic N) is 9. The van der Waals surface area contributed by atoms with Crippen LogP contribution in [0.25, 0.3) is 22.8 Å². The highest BCUT2D eigenvalue weighted by atomic mass is 35.5. The number of aromatic nitrogens is 5. The molecule has 0 saturated carbocycles. The fourth-order valence-corrected chi connectivity index (χ4v) is 11.0. The number of anilines is 4. The lowest BCUT2D eigenvalue weighted by molar-refractivity contribution is -0.139. The number of nitrogens with one attached hydrogen (secondary N) is 2. The topological polar surface area (TPSA) is 210 Å². The van der Waals surface area contributed by atoms with E-state index in [1.165, 1.54) is 17.3 Å². The highest BCUT2D eigenvalue weighted by Crippen LogP contribution is 2.29. The quantitative estimate of drug-likeness (QED) is 0.0559. The summed E-state index contributed by atoms with van der Waals surface area (Å²) in [6, 6.07) is 49.0. The van der Waals surface area contributed by atoms with Crippen LogP contribution in [0.4, 0.5) is 23.1 Å². The minimum Gasteiger partial charge on any atom is -0.480 e. The first-order chi connectivity index (χ1) is 40.7. The van der Waals surface area contributed by atoms with Crippen LogP contribution in [0.5, 0.6) is 0 Å². The number of thioether (sulfide) groups is 1. The summed E-state index contributed by atoms with van der Waals surface area (Å²) in [7, 11) is 3.92. The van der Waals surface area contributed by atoms with E-state index in [9.17, 15) is 29.4 Å². The van der Waals surface area contributed by atoms with E-state index in [0.717, 1.165) is 79.2 Å². The normalized spacial score (nSPS) is 14.1. The zero-order valence-corrected chi connectivity index (χ0v) is 48.9. The minimum atomic E-state index is -1.15. The van der Waals surface area contributed by atoms with Gasteiger partial charge in [-0.15, -0.1) is 0 Å². The Labute approximate surface area is 503 Å². The Balaban J connectivity index is 0.000000202. The predicted molar refractivity (Wildman–Crippen MR) is 334 cm³/mol. The van der Waals surface area contributed by atoms with E-state index in [1.54, 1.807) is 54.7 Å². The Morgan fingerprint density at radius 1 is 0.560 bits per heavy atom. The van der Waals surface area contributed by atoms with Crippen LogP contribution in [-0.4, -0.2) is 130 Å². The molecule has 84 heavy (non-hydrogen) atoms. The van der Waals surface area contributed by atoms with Gasteiger partial charge in [0.1, 0.15) is 40.9 Å². The molecular weight excluding hydrogens is 1120 g/mol. The second kappa shape index (κ2) is 29.1. The molecule has 5 heterocycles. The van der Waals surface area contributed by atoms with Crippen LogP contribution in [-0.2, 0) is 28.2 Å². The molecule has 20 heteroatoms. The number of piperazine rings is 1. The lowest BCUT2D eigenvalue weighted by Crippen LogP contribution is -2.47. The third-order valence-corrected chi connectivity index (χ3v) is 16.1. The predicted octanol–water partition coefficient (Wildman–Crippen LogP) is 10.4. The van der Waals surface area contributed by atoms with Crippen molar-refractivity contribution in [1.29, 1.82) is 0 Å². The van der Waals surface area contributed by atoms with Crippen molar-refractivity contribution in [3.05, 3.63) is 208 Å². The maximum absolute atomic E-state index is 13.5. The number of halogens is 2. The molecule has 8 aromatic rings. The fourth-order valence-electron chi connectivity index (χ4n) is 9.77. The SMILES string of the molecule is CN(C)c1ccc(-c2nc(C(=O)NC(Cc3ccc(Cl)cc3)C(=O)O)cc(N3CCN(c4ccccn4)CC3)n2)cc1.O=C(N[C@@H](CSCc1ccccc1)C(=O)O)c1cc(N2CCC(Cc3ccccc3)CC2)nc(-c2ccc(Cl)cc2)n1. The van der Waals surface area contributed by atoms with Gasteiger partial charge in [-0.25, -0.2) is 34.5 Å². The standard InChI is InChI=1S/C33H33ClN4O3S.C31H32ClN7O3/c34-27-13-11-26(12-14-27)31-35-28(32(39)36-29(33(40)41)22-42-21-25-9-5-2-6-10-25)20-30(37-31)38-17-15-24(16-18-38)19-23-7-3-1-4-8-23;1-37(2)24-12-8-22(9-13-24)29-34-25(30(40)35-26(31(41)42)19-21-6-10-23(32)11-7-21)20-28(36-29)39-17-15-38(16-18-39)27-5-3-4-14-33-27/h1-14,20,24,29H,15-19,21-22H2,(H,36,39)(H,40,41);3-14,20,26H,15-19H2,1-2H3,(H,35,40)(H,41,42)/t29-;/m0./s1. The van der Waals surface area contributed by atoms with E-state index in [0.29, 0.717) is 58.1 Å². The first kappa shape index (κ1) is 60.0. The van der Waals surface area contributed by atoms with Crippen LogP contribution < -0.4 is 30.2 Å². The number of rotatable bonds is 20. The van der Waals surface area contributed by atoms with Gasteiger partial charge < -0.3 is 40.4 Å².